The van der Waals surface area contributed by atoms with Crippen LogP contribution in [-0.2, 0) is 20.8 Å². The molecule has 9 heteroatoms. The van der Waals surface area contributed by atoms with Gasteiger partial charge in [-0.3, -0.25) is 14.4 Å². The van der Waals surface area contributed by atoms with Crippen molar-refractivity contribution in [3.63, 3.8) is 0 Å². The van der Waals surface area contributed by atoms with Crippen LogP contribution in [0.15, 0.2) is 84.0 Å². The predicted octanol–water partition coefficient (Wildman–Crippen LogP) is 2.52. The van der Waals surface area contributed by atoms with Crippen LogP contribution >= 0.6 is 0 Å². The second kappa shape index (κ2) is 13.1. The quantitative estimate of drug-likeness (QED) is 0.237. The molecule has 0 heterocycles. The highest BCUT2D eigenvalue weighted by molar-refractivity contribution is 6.35. The predicted molar refractivity (Wildman–Crippen MR) is 132 cm³/mol. The van der Waals surface area contributed by atoms with Crippen LogP contribution < -0.4 is 25.5 Å². The van der Waals surface area contributed by atoms with Gasteiger partial charge in [0.05, 0.1) is 13.3 Å². The van der Waals surface area contributed by atoms with Gasteiger partial charge in [0.2, 0.25) is 0 Å². The Morgan fingerprint density at radius 1 is 0.886 bits per heavy atom. The highest BCUT2D eigenvalue weighted by Crippen LogP contribution is 2.17. The van der Waals surface area contributed by atoms with Crippen molar-refractivity contribution in [3.05, 3.63) is 90.0 Å². The number of anilines is 1. The summed E-state index contributed by atoms with van der Waals surface area (Å²) in [6.45, 7) is 0.0995. The molecule has 3 aromatic rings. The lowest BCUT2D eigenvalue weighted by molar-refractivity contribution is -0.139. The fraction of sp³-hybridized carbons (Fsp3) is 0.154. The fourth-order valence-electron chi connectivity index (χ4n) is 2.99. The molecule has 0 aliphatic heterocycles. The number of hydrogen-bond donors (Lipinski definition) is 3. The molecule has 35 heavy (non-hydrogen) atoms. The number of hydrazone groups is 1. The summed E-state index contributed by atoms with van der Waals surface area (Å²) in [6.07, 6.45) is 1.95. The molecule has 0 unspecified atom stereocenters. The second-order valence-electron chi connectivity index (χ2n) is 7.29. The normalized spacial score (nSPS) is 10.4. The molecule has 0 saturated heterocycles. The van der Waals surface area contributed by atoms with Crippen molar-refractivity contribution in [2.75, 3.05) is 25.6 Å². The average molecular weight is 475 g/mol. The Labute approximate surface area is 203 Å². The number of nitrogens with zero attached hydrogens (tertiary/aromatic N) is 1. The Kier molecular flexibility index (Phi) is 9.38. The highest BCUT2D eigenvalue weighted by atomic mass is 16.5. The third-order valence-electron chi connectivity index (χ3n) is 4.77. The summed E-state index contributed by atoms with van der Waals surface area (Å²) < 4.78 is 10.7. The number of benzene rings is 3. The Morgan fingerprint density at radius 2 is 1.60 bits per heavy atom. The summed E-state index contributed by atoms with van der Waals surface area (Å²) >= 11 is 0. The largest absolute Gasteiger partial charge is 0.497 e. The molecular formula is C26H26N4O5. The van der Waals surface area contributed by atoms with E-state index >= 15 is 0 Å². The molecule has 0 bridgehead atoms. The zero-order valence-corrected chi connectivity index (χ0v) is 19.2. The molecule has 3 aromatic carbocycles. The lowest BCUT2D eigenvalue weighted by Gasteiger charge is -2.10. The number of carbonyl (C=O) groups is 3. The van der Waals surface area contributed by atoms with Gasteiger partial charge < -0.3 is 20.1 Å². The lowest BCUT2D eigenvalue weighted by atomic mass is 10.1. The van der Waals surface area contributed by atoms with Gasteiger partial charge in [-0.1, -0.05) is 42.5 Å². The summed E-state index contributed by atoms with van der Waals surface area (Å²) in [7, 11) is 1.57. The van der Waals surface area contributed by atoms with Crippen LogP contribution in [-0.4, -0.2) is 44.2 Å². The van der Waals surface area contributed by atoms with Gasteiger partial charge >= 0.3 is 11.8 Å². The summed E-state index contributed by atoms with van der Waals surface area (Å²) in [4.78, 5) is 36.1. The van der Waals surface area contributed by atoms with E-state index < -0.39 is 11.8 Å². The number of para-hydroxylation sites is 1. The van der Waals surface area contributed by atoms with Crippen LogP contribution in [0.25, 0.3) is 0 Å². The van der Waals surface area contributed by atoms with E-state index in [1.165, 1.54) is 6.21 Å². The molecule has 0 spiro atoms. The number of ether oxygens (including phenoxy) is 2. The molecular weight excluding hydrogens is 448 g/mol. The molecule has 0 fully saturated rings. The van der Waals surface area contributed by atoms with E-state index in [1.54, 1.807) is 55.6 Å². The van der Waals surface area contributed by atoms with Gasteiger partial charge in [-0.25, -0.2) is 5.43 Å². The molecule has 0 aliphatic rings. The first-order chi connectivity index (χ1) is 17.0. The number of rotatable bonds is 10. The van der Waals surface area contributed by atoms with E-state index in [4.69, 9.17) is 9.47 Å². The van der Waals surface area contributed by atoms with Crippen molar-refractivity contribution in [3.8, 4) is 11.5 Å². The topological polar surface area (TPSA) is 118 Å². The molecule has 180 valence electrons. The second-order valence-corrected chi connectivity index (χ2v) is 7.29. The van der Waals surface area contributed by atoms with Crippen molar-refractivity contribution in [1.29, 1.82) is 0 Å². The van der Waals surface area contributed by atoms with Gasteiger partial charge in [0, 0.05) is 17.8 Å². The van der Waals surface area contributed by atoms with Gasteiger partial charge in [0.15, 0.2) is 6.61 Å². The zero-order valence-electron chi connectivity index (χ0n) is 19.2. The van der Waals surface area contributed by atoms with Crippen molar-refractivity contribution in [1.82, 2.24) is 10.7 Å². The smallest absolute Gasteiger partial charge is 0.329 e. The first kappa shape index (κ1) is 25.0. The Bertz CT molecular complexity index is 1160. The van der Waals surface area contributed by atoms with Gasteiger partial charge in [-0.05, 0) is 48.4 Å². The molecule has 3 rings (SSSR count). The number of amides is 3. The maximum atomic E-state index is 12.2. The van der Waals surface area contributed by atoms with E-state index in [0.717, 1.165) is 5.56 Å². The first-order valence-electron chi connectivity index (χ1n) is 10.9. The first-order valence-corrected chi connectivity index (χ1v) is 10.9. The maximum Gasteiger partial charge on any atom is 0.329 e. The van der Waals surface area contributed by atoms with Crippen LogP contribution in [0.3, 0.4) is 0 Å². The Morgan fingerprint density at radius 3 is 2.34 bits per heavy atom. The van der Waals surface area contributed by atoms with Gasteiger partial charge in [-0.15, -0.1) is 0 Å². The van der Waals surface area contributed by atoms with Gasteiger partial charge in [-0.2, -0.15) is 5.10 Å². The molecule has 0 atom stereocenters. The van der Waals surface area contributed by atoms with E-state index in [2.05, 4.69) is 21.2 Å². The van der Waals surface area contributed by atoms with Crippen molar-refractivity contribution in [2.24, 2.45) is 5.10 Å². The summed E-state index contributed by atoms with van der Waals surface area (Å²) in [5.41, 5.74) is 4.38. The van der Waals surface area contributed by atoms with Crippen LogP contribution in [0.2, 0.25) is 0 Å². The number of hydrogen-bond acceptors (Lipinski definition) is 6. The Hall–Kier alpha value is -4.66. The summed E-state index contributed by atoms with van der Waals surface area (Å²) in [6, 6.07) is 23.4. The van der Waals surface area contributed by atoms with Crippen LogP contribution in [0, 0.1) is 0 Å². The molecule has 0 saturated carbocycles. The molecule has 3 N–H and O–H groups in total. The molecule has 0 aromatic heterocycles. The molecule has 0 radical (unpaired) electrons. The Balaban J connectivity index is 1.45. The molecule has 3 amide bonds. The van der Waals surface area contributed by atoms with Crippen molar-refractivity contribution < 1.29 is 23.9 Å². The van der Waals surface area contributed by atoms with E-state index in [0.29, 0.717) is 35.7 Å². The highest BCUT2D eigenvalue weighted by Gasteiger charge is 2.12. The number of nitrogens with one attached hydrogen (secondary N) is 3. The van der Waals surface area contributed by atoms with Crippen molar-refractivity contribution in [2.45, 2.75) is 6.42 Å². The van der Waals surface area contributed by atoms with Gasteiger partial charge in [0.1, 0.15) is 11.5 Å². The van der Waals surface area contributed by atoms with Crippen LogP contribution in [0.4, 0.5) is 5.69 Å². The number of methoxy groups -OCH3 is 1. The number of carbonyl (C=O) groups excluding carboxylic acids is 3. The van der Waals surface area contributed by atoms with E-state index in [9.17, 15) is 14.4 Å². The minimum Gasteiger partial charge on any atom is -0.497 e. The summed E-state index contributed by atoms with van der Waals surface area (Å²) in [5, 5.41) is 9.10. The third kappa shape index (κ3) is 8.32. The average Bonchev–Trinajstić information content (AvgIpc) is 2.89. The van der Waals surface area contributed by atoms with E-state index in [1.807, 2.05) is 30.3 Å². The molecule has 0 aliphatic carbocycles. The minimum atomic E-state index is -0.883. The summed E-state index contributed by atoms with van der Waals surface area (Å²) in [5.74, 6) is -0.932. The van der Waals surface area contributed by atoms with Crippen molar-refractivity contribution >= 4 is 29.6 Å². The van der Waals surface area contributed by atoms with Crippen LogP contribution in [0.5, 0.6) is 11.5 Å². The standard InChI is InChI=1S/C26H26N4O5/c1-34-22-13-11-21(12-14-22)29-24(31)18-35-23-10-6-5-9-20(23)17-28-30-26(33)25(32)27-16-15-19-7-3-2-4-8-19/h2-14,17H,15-16,18H2,1H3,(H,27,32)(H,29,31)(H,30,33)/b28-17-. The maximum absolute atomic E-state index is 12.2. The molecule has 9 nitrogen and oxygen atoms in total. The lowest BCUT2D eigenvalue weighted by Crippen LogP contribution is -2.38. The fourth-order valence-corrected chi connectivity index (χ4v) is 2.99. The monoisotopic (exact) mass is 474 g/mol. The van der Waals surface area contributed by atoms with Crippen LogP contribution in [0.1, 0.15) is 11.1 Å². The SMILES string of the molecule is COc1ccc(NC(=O)COc2ccccc2/C=N\NC(=O)C(=O)NCCc2ccccc2)cc1. The van der Waals surface area contributed by atoms with Gasteiger partial charge in [0.25, 0.3) is 5.91 Å². The zero-order chi connectivity index (χ0) is 24.9. The van der Waals surface area contributed by atoms with E-state index in [-0.39, 0.29) is 12.5 Å². The third-order valence-corrected chi connectivity index (χ3v) is 4.77. The minimum absolute atomic E-state index is 0.229.